The lowest BCUT2D eigenvalue weighted by Gasteiger charge is -2.40. The first-order valence-electron chi connectivity index (χ1n) is 10.3. The Hall–Kier alpha value is -1.75. The van der Waals surface area contributed by atoms with Gasteiger partial charge in [0.15, 0.2) is 0 Å². The van der Waals surface area contributed by atoms with Gasteiger partial charge in [-0.1, -0.05) is 27.2 Å². The van der Waals surface area contributed by atoms with Gasteiger partial charge in [0.05, 0.1) is 18.1 Å². The van der Waals surface area contributed by atoms with Gasteiger partial charge >= 0.3 is 5.97 Å². The number of ketones is 1. The van der Waals surface area contributed by atoms with E-state index in [1.807, 2.05) is 13.8 Å². The molecule has 2 heterocycles. The molecule has 0 saturated heterocycles. The number of esters is 1. The highest BCUT2D eigenvalue weighted by Gasteiger charge is 2.48. The quantitative estimate of drug-likeness (QED) is 0.594. The van der Waals surface area contributed by atoms with Crippen molar-refractivity contribution >= 4 is 28.8 Å². The number of carbonyl (C=O) groups excluding carboxylic acids is 2. The van der Waals surface area contributed by atoms with Crippen LogP contribution in [0.3, 0.4) is 0 Å². The van der Waals surface area contributed by atoms with Crippen LogP contribution in [0.5, 0.6) is 0 Å². The van der Waals surface area contributed by atoms with Crippen molar-refractivity contribution in [1.29, 1.82) is 0 Å². The zero-order valence-electron chi connectivity index (χ0n) is 17.6. The molecule has 1 aromatic rings. The van der Waals surface area contributed by atoms with E-state index in [9.17, 15) is 9.59 Å². The molecule has 0 bridgehead atoms. The molecule has 0 amide bonds. The zero-order valence-corrected chi connectivity index (χ0v) is 18.4. The molecule has 2 aliphatic rings. The molecule has 0 radical (unpaired) electrons. The number of aryl methyl sites for hydroxylation is 1. The molecule has 3 rings (SSSR count). The Balaban J connectivity index is 2.07. The van der Waals surface area contributed by atoms with E-state index in [4.69, 9.17) is 9.73 Å². The molecule has 1 fully saturated rings. The van der Waals surface area contributed by atoms with Crippen molar-refractivity contribution in [1.82, 2.24) is 0 Å². The lowest BCUT2D eigenvalue weighted by molar-refractivity contribution is -0.139. The SMILES string of the molecule is CCCCc1ccc([C@@H]2C(C(=O)OCC)=C(C)N=C3CC(C)(C)CC(=O)C32)s1. The van der Waals surface area contributed by atoms with E-state index >= 15 is 0 Å². The van der Waals surface area contributed by atoms with Gasteiger partial charge in [-0.3, -0.25) is 9.79 Å². The molecule has 0 spiro atoms. The summed E-state index contributed by atoms with van der Waals surface area (Å²) in [5.41, 5.74) is 2.11. The van der Waals surface area contributed by atoms with Crippen LogP contribution >= 0.6 is 11.3 Å². The van der Waals surface area contributed by atoms with Gasteiger partial charge in [-0.2, -0.15) is 0 Å². The largest absolute Gasteiger partial charge is 0.463 e. The number of ether oxygens (including phenoxy) is 1. The number of aliphatic imine (C=N–C) groups is 1. The molecular weight excluding hydrogens is 370 g/mol. The molecule has 4 nitrogen and oxygen atoms in total. The highest BCUT2D eigenvalue weighted by atomic mass is 32.1. The smallest absolute Gasteiger partial charge is 0.336 e. The van der Waals surface area contributed by atoms with Crippen LogP contribution in [0.15, 0.2) is 28.4 Å². The molecular formula is C23H31NO3S. The van der Waals surface area contributed by atoms with Crippen LogP contribution in [-0.2, 0) is 20.7 Å². The molecule has 152 valence electrons. The van der Waals surface area contributed by atoms with Gasteiger partial charge in [-0.15, -0.1) is 11.3 Å². The van der Waals surface area contributed by atoms with Gasteiger partial charge in [0, 0.05) is 33.5 Å². The van der Waals surface area contributed by atoms with E-state index in [2.05, 4.69) is 32.9 Å². The van der Waals surface area contributed by atoms with Crippen LogP contribution < -0.4 is 0 Å². The average Bonchev–Trinajstić information content (AvgIpc) is 3.06. The van der Waals surface area contributed by atoms with E-state index in [-0.39, 0.29) is 29.0 Å². The van der Waals surface area contributed by atoms with Gasteiger partial charge in [0.2, 0.25) is 0 Å². The van der Waals surface area contributed by atoms with Crippen LogP contribution in [0.25, 0.3) is 0 Å². The van der Waals surface area contributed by atoms with E-state index < -0.39 is 0 Å². The number of hydrogen-bond acceptors (Lipinski definition) is 5. The monoisotopic (exact) mass is 401 g/mol. The summed E-state index contributed by atoms with van der Waals surface area (Å²) in [5, 5.41) is 0. The lowest BCUT2D eigenvalue weighted by atomic mass is 9.64. The summed E-state index contributed by atoms with van der Waals surface area (Å²) in [7, 11) is 0. The van der Waals surface area contributed by atoms with Crippen molar-refractivity contribution < 1.29 is 14.3 Å². The van der Waals surface area contributed by atoms with Crippen molar-refractivity contribution in [2.24, 2.45) is 16.3 Å². The van der Waals surface area contributed by atoms with E-state index in [0.29, 0.717) is 24.3 Å². The number of Topliss-reactive ketones (excluding diaryl/α,β-unsaturated/α-hetero) is 1. The number of unbranched alkanes of at least 4 members (excludes halogenated alkanes) is 1. The third-order valence-corrected chi connectivity index (χ3v) is 6.85. The normalized spacial score (nSPS) is 24.0. The minimum Gasteiger partial charge on any atom is -0.463 e. The second-order valence-electron chi connectivity index (χ2n) is 8.67. The maximum atomic E-state index is 13.2. The van der Waals surface area contributed by atoms with Crippen molar-refractivity contribution in [3.05, 3.63) is 33.2 Å². The summed E-state index contributed by atoms with van der Waals surface area (Å²) in [4.78, 5) is 33.2. The number of allylic oxidation sites excluding steroid dienone is 1. The summed E-state index contributed by atoms with van der Waals surface area (Å²) >= 11 is 1.73. The summed E-state index contributed by atoms with van der Waals surface area (Å²) in [5.74, 6) is -0.754. The standard InChI is InChI=1S/C23H31NO3S/c1-6-8-9-15-10-11-18(28-15)21-19(22(26)27-7-2)14(3)24-16-12-23(4,5)13-17(25)20(16)21/h10-11,20-21H,6-9,12-13H2,1-5H3/t20?,21-/m1/s1. The van der Waals surface area contributed by atoms with E-state index in [0.717, 1.165) is 36.3 Å². The number of fused-ring (bicyclic) bond motifs is 1. The van der Waals surface area contributed by atoms with E-state index in [1.54, 1.807) is 11.3 Å². The first-order valence-corrected chi connectivity index (χ1v) is 11.2. The summed E-state index contributed by atoms with van der Waals surface area (Å²) in [6, 6.07) is 4.25. The Kier molecular flexibility index (Phi) is 6.23. The highest BCUT2D eigenvalue weighted by molar-refractivity contribution is 7.12. The minimum atomic E-state index is -0.339. The second kappa shape index (κ2) is 8.32. The van der Waals surface area contributed by atoms with Crippen molar-refractivity contribution in [2.75, 3.05) is 6.61 Å². The fourth-order valence-corrected chi connectivity index (χ4v) is 5.62. The third kappa shape index (κ3) is 4.14. The van der Waals surface area contributed by atoms with Crippen molar-refractivity contribution in [3.63, 3.8) is 0 Å². The van der Waals surface area contributed by atoms with Gasteiger partial charge < -0.3 is 4.74 Å². The molecule has 0 N–H and O–H groups in total. The number of nitrogens with zero attached hydrogens (tertiary/aromatic N) is 1. The molecule has 5 heteroatoms. The van der Waals surface area contributed by atoms with Gasteiger partial charge in [0.1, 0.15) is 5.78 Å². The molecule has 1 aliphatic heterocycles. The molecule has 1 saturated carbocycles. The van der Waals surface area contributed by atoms with Crippen LogP contribution in [-0.4, -0.2) is 24.1 Å². The molecule has 1 aromatic heterocycles. The predicted molar refractivity (Wildman–Crippen MR) is 114 cm³/mol. The molecule has 2 atom stereocenters. The van der Waals surface area contributed by atoms with Crippen molar-refractivity contribution in [2.45, 2.75) is 72.6 Å². The minimum absolute atomic E-state index is 0.0829. The average molecular weight is 402 g/mol. The number of thiophene rings is 1. The maximum Gasteiger partial charge on any atom is 0.336 e. The number of hydrogen-bond donors (Lipinski definition) is 0. The van der Waals surface area contributed by atoms with Crippen LogP contribution in [0, 0.1) is 11.3 Å². The summed E-state index contributed by atoms with van der Waals surface area (Å²) < 4.78 is 5.36. The van der Waals surface area contributed by atoms with Crippen LogP contribution in [0.2, 0.25) is 0 Å². The first kappa shape index (κ1) is 21.0. The fourth-order valence-electron chi connectivity index (χ4n) is 4.42. The Morgan fingerprint density at radius 2 is 2.00 bits per heavy atom. The van der Waals surface area contributed by atoms with Gasteiger partial charge in [-0.25, -0.2) is 4.79 Å². The molecule has 0 aromatic carbocycles. The van der Waals surface area contributed by atoms with Crippen LogP contribution in [0.4, 0.5) is 0 Å². The maximum absolute atomic E-state index is 13.2. The topological polar surface area (TPSA) is 55.7 Å². The molecule has 28 heavy (non-hydrogen) atoms. The van der Waals surface area contributed by atoms with Gasteiger partial charge in [0.25, 0.3) is 0 Å². The second-order valence-corrected chi connectivity index (χ2v) is 9.87. The zero-order chi connectivity index (χ0) is 20.5. The number of rotatable bonds is 6. The molecule has 1 aliphatic carbocycles. The highest BCUT2D eigenvalue weighted by Crippen LogP contribution is 2.48. The van der Waals surface area contributed by atoms with Crippen molar-refractivity contribution in [3.8, 4) is 0 Å². The Morgan fingerprint density at radius 3 is 2.68 bits per heavy atom. The molecule has 1 unspecified atom stereocenters. The lowest BCUT2D eigenvalue weighted by Crippen LogP contribution is -2.43. The Morgan fingerprint density at radius 1 is 1.25 bits per heavy atom. The Labute approximate surface area is 172 Å². The van der Waals surface area contributed by atoms with E-state index in [1.165, 1.54) is 4.88 Å². The number of carbonyl (C=O) groups is 2. The Bertz CT molecular complexity index is 831. The van der Waals surface area contributed by atoms with Gasteiger partial charge in [-0.05, 0) is 50.7 Å². The van der Waals surface area contributed by atoms with Crippen LogP contribution in [0.1, 0.15) is 76.0 Å². The first-order chi connectivity index (χ1) is 13.3. The third-order valence-electron chi connectivity index (χ3n) is 5.62. The summed E-state index contributed by atoms with van der Waals surface area (Å²) in [6.07, 6.45) is 4.65. The predicted octanol–water partition coefficient (Wildman–Crippen LogP) is 5.47. The summed E-state index contributed by atoms with van der Waals surface area (Å²) in [6.45, 7) is 10.4. The fraction of sp³-hybridized carbons (Fsp3) is 0.609.